The van der Waals surface area contributed by atoms with Crippen molar-refractivity contribution in [1.29, 1.82) is 0 Å². The van der Waals surface area contributed by atoms with E-state index in [0.29, 0.717) is 27.6 Å². The molecule has 0 fully saturated rings. The highest BCUT2D eigenvalue weighted by molar-refractivity contribution is 5.80. The molecule has 4 aromatic rings. The van der Waals surface area contributed by atoms with Gasteiger partial charge in [0.15, 0.2) is 5.65 Å². The number of likely N-dealkylation sites (N-methyl/N-ethyl adjacent to an activating group) is 1. The average Bonchev–Trinajstić information content (AvgIpc) is 3.30. The largest absolute Gasteiger partial charge is 0.299 e. The van der Waals surface area contributed by atoms with Gasteiger partial charge in [-0.25, -0.2) is 14.1 Å². The molecule has 1 aliphatic rings. The van der Waals surface area contributed by atoms with Crippen LogP contribution in [0, 0.1) is 5.82 Å². The second-order valence-corrected chi connectivity index (χ2v) is 6.65. The molecule has 27 heavy (non-hydrogen) atoms. The molecule has 0 radical (unpaired) electrons. The van der Waals surface area contributed by atoms with Gasteiger partial charge in [-0.1, -0.05) is 11.3 Å². The van der Waals surface area contributed by atoms with E-state index in [1.807, 2.05) is 36.5 Å². The molecule has 7 nitrogen and oxygen atoms in total. The molecule has 4 heterocycles. The molecule has 3 aromatic heterocycles. The van der Waals surface area contributed by atoms with Crippen LogP contribution in [0.1, 0.15) is 17.2 Å². The lowest BCUT2D eigenvalue weighted by molar-refractivity contribution is 0.380. The third kappa shape index (κ3) is 2.69. The van der Waals surface area contributed by atoms with Crippen LogP contribution in [-0.4, -0.2) is 49.8 Å². The number of aromatic nitrogens is 5. The van der Waals surface area contributed by atoms with Crippen molar-refractivity contribution in [3.8, 4) is 0 Å². The molecular weight excluding hydrogens is 345 g/mol. The average molecular weight is 361 g/mol. The van der Waals surface area contributed by atoms with Gasteiger partial charge in [-0.2, -0.15) is 5.10 Å². The van der Waals surface area contributed by atoms with E-state index in [9.17, 15) is 4.39 Å². The van der Waals surface area contributed by atoms with Gasteiger partial charge in [-0.05, 0) is 30.3 Å². The van der Waals surface area contributed by atoms with E-state index in [-0.39, 0.29) is 18.3 Å². The van der Waals surface area contributed by atoms with Crippen LogP contribution >= 0.6 is 0 Å². The first kappa shape index (κ1) is 15.8. The van der Waals surface area contributed by atoms with Crippen molar-refractivity contribution < 1.29 is 4.39 Å². The van der Waals surface area contributed by atoms with E-state index < -0.39 is 0 Å². The summed E-state index contributed by atoms with van der Waals surface area (Å²) < 4.78 is 16.5. The van der Waals surface area contributed by atoms with Crippen molar-refractivity contribution in [2.24, 2.45) is 5.10 Å². The van der Waals surface area contributed by atoms with Gasteiger partial charge >= 0.3 is 0 Å². The van der Waals surface area contributed by atoms with Crippen LogP contribution in [0.2, 0.25) is 0 Å². The number of pyridine rings is 2. The van der Waals surface area contributed by atoms with E-state index in [1.54, 1.807) is 29.1 Å². The number of halogens is 1. The summed E-state index contributed by atoms with van der Waals surface area (Å²) in [5, 5.41) is 15.0. The molecule has 0 saturated carbocycles. The number of benzene rings is 1. The SMILES string of the molecule is CN1CC(c2ccc3nnn(Cc4ccc5ncccc5c4F)c3n2)C=N1. The number of hydrazone groups is 1. The van der Waals surface area contributed by atoms with Gasteiger partial charge in [0.2, 0.25) is 0 Å². The minimum atomic E-state index is -0.287. The highest BCUT2D eigenvalue weighted by Gasteiger charge is 2.20. The summed E-state index contributed by atoms with van der Waals surface area (Å²) in [4.78, 5) is 8.91. The summed E-state index contributed by atoms with van der Waals surface area (Å²) in [5.41, 5.74) is 3.39. The zero-order chi connectivity index (χ0) is 18.4. The Labute approximate surface area is 154 Å². The predicted octanol–water partition coefficient (Wildman–Crippen LogP) is 2.58. The number of hydrogen-bond acceptors (Lipinski definition) is 6. The van der Waals surface area contributed by atoms with E-state index in [1.165, 1.54) is 0 Å². The van der Waals surface area contributed by atoms with Gasteiger partial charge in [0, 0.05) is 37.0 Å². The summed E-state index contributed by atoms with van der Waals surface area (Å²) in [7, 11) is 1.93. The molecule has 134 valence electrons. The monoisotopic (exact) mass is 361 g/mol. The number of rotatable bonds is 3. The van der Waals surface area contributed by atoms with Gasteiger partial charge in [-0.3, -0.25) is 9.99 Å². The lowest BCUT2D eigenvalue weighted by atomic mass is 10.1. The van der Waals surface area contributed by atoms with Gasteiger partial charge in [0.05, 0.1) is 23.7 Å². The summed E-state index contributed by atoms with van der Waals surface area (Å²) >= 11 is 0. The van der Waals surface area contributed by atoms with Gasteiger partial charge in [-0.15, -0.1) is 5.10 Å². The van der Waals surface area contributed by atoms with Crippen LogP contribution in [0.3, 0.4) is 0 Å². The standard InChI is InChI=1S/C19H16FN7/c1-26-10-13(9-22-26)15-6-7-17-19(23-15)27(25-24-17)11-12-4-5-16-14(18(12)20)3-2-8-21-16/h2-9,13H,10-11H2,1H3. The Balaban J connectivity index is 1.54. The maximum atomic E-state index is 14.9. The number of hydrogen-bond donors (Lipinski definition) is 0. The first-order valence-corrected chi connectivity index (χ1v) is 8.66. The van der Waals surface area contributed by atoms with Crippen molar-refractivity contribution in [1.82, 2.24) is 30.0 Å². The van der Waals surface area contributed by atoms with Crippen molar-refractivity contribution in [2.45, 2.75) is 12.5 Å². The second kappa shape index (κ2) is 6.08. The quantitative estimate of drug-likeness (QED) is 0.561. The molecule has 8 heteroatoms. The van der Waals surface area contributed by atoms with E-state index >= 15 is 0 Å². The third-order valence-electron chi connectivity index (χ3n) is 4.78. The second-order valence-electron chi connectivity index (χ2n) is 6.65. The summed E-state index contributed by atoms with van der Waals surface area (Å²) in [6.07, 6.45) is 3.54. The highest BCUT2D eigenvalue weighted by Crippen LogP contribution is 2.23. The van der Waals surface area contributed by atoms with Crippen molar-refractivity contribution in [3.63, 3.8) is 0 Å². The minimum Gasteiger partial charge on any atom is -0.299 e. The van der Waals surface area contributed by atoms with E-state index in [2.05, 4.69) is 20.4 Å². The van der Waals surface area contributed by atoms with Crippen LogP contribution in [0.5, 0.6) is 0 Å². The normalized spacial score (nSPS) is 16.7. The van der Waals surface area contributed by atoms with Crippen LogP contribution in [-0.2, 0) is 6.54 Å². The Morgan fingerprint density at radius 3 is 2.89 bits per heavy atom. The van der Waals surface area contributed by atoms with Gasteiger partial charge in [0.25, 0.3) is 0 Å². The van der Waals surface area contributed by atoms with Crippen LogP contribution in [0.4, 0.5) is 4.39 Å². The molecule has 1 unspecified atom stereocenters. The Hall–Kier alpha value is -3.42. The maximum Gasteiger partial charge on any atom is 0.179 e. The molecule has 1 atom stereocenters. The fourth-order valence-electron chi connectivity index (χ4n) is 3.37. The molecule has 1 aliphatic heterocycles. The molecule has 0 N–H and O–H groups in total. The topological polar surface area (TPSA) is 72.1 Å². The summed E-state index contributed by atoms with van der Waals surface area (Å²) in [5.74, 6) is -0.156. The van der Waals surface area contributed by atoms with E-state index in [4.69, 9.17) is 4.98 Å². The Morgan fingerprint density at radius 2 is 2.04 bits per heavy atom. The lowest BCUT2D eigenvalue weighted by Gasteiger charge is -2.10. The Bertz CT molecular complexity index is 1180. The fraction of sp³-hybridized carbons (Fsp3) is 0.211. The zero-order valence-corrected chi connectivity index (χ0v) is 14.6. The van der Waals surface area contributed by atoms with Crippen LogP contribution in [0.25, 0.3) is 22.1 Å². The van der Waals surface area contributed by atoms with Crippen LogP contribution in [0.15, 0.2) is 47.7 Å². The molecule has 0 saturated heterocycles. The minimum absolute atomic E-state index is 0.131. The molecular formula is C19H16FN7. The van der Waals surface area contributed by atoms with Gasteiger partial charge in [0.1, 0.15) is 11.3 Å². The molecule has 0 amide bonds. The van der Waals surface area contributed by atoms with Gasteiger partial charge < -0.3 is 0 Å². The van der Waals surface area contributed by atoms with Crippen molar-refractivity contribution >= 4 is 28.3 Å². The summed E-state index contributed by atoms with van der Waals surface area (Å²) in [6.45, 7) is 1.04. The smallest absolute Gasteiger partial charge is 0.179 e. The predicted molar refractivity (Wildman–Crippen MR) is 100.0 cm³/mol. The molecule has 5 rings (SSSR count). The molecule has 0 spiro atoms. The molecule has 1 aromatic carbocycles. The first-order valence-electron chi connectivity index (χ1n) is 8.66. The summed E-state index contributed by atoms with van der Waals surface area (Å²) in [6, 6.07) is 10.9. The number of fused-ring (bicyclic) bond motifs is 2. The molecule has 0 bridgehead atoms. The van der Waals surface area contributed by atoms with Crippen molar-refractivity contribution in [3.05, 3.63) is 59.7 Å². The maximum absolute atomic E-state index is 14.9. The lowest BCUT2D eigenvalue weighted by Crippen LogP contribution is -2.13. The highest BCUT2D eigenvalue weighted by atomic mass is 19.1. The fourth-order valence-corrected chi connectivity index (χ4v) is 3.37. The van der Waals surface area contributed by atoms with Crippen molar-refractivity contribution in [2.75, 3.05) is 13.6 Å². The first-order chi connectivity index (χ1) is 13.2. The third-order valence-corrected chi connectivity index (χ3v) is 4.78. The molecule has 0 aliphatic carbocycles. The Morgan fingerprint density at radius 1 is 1.15 bits per heavy atom. The Kier molecular flexibility index (Phi) is 3.56. The van der Waals surface area contributed by atoms with E-state index in [0.717, 1.165) is 12.2 Å². The number of nitrogens with zero attached hydrogens (tertiary/aromatic N) is 7. The zero-order valence-electron chi connectivity index (χ0n) is 14.6. The van der Waals surface area contributed by atoms with Crippen LogP contribution < -0.4 is 0 Å².